The SMILES string of the molecule is CC[C@@H](NC(=O)c1cccc(Cl)c1)c1ccc(OC)c(OC)c1. The standard InChI is InChI=1S/C18H20ClNO3/c1-4-15(12-8-9-16(22-2)17(11-12)23-3)20-18(21)13-6-5-7-14(19)10-13/h5-11,15H,4H2,1-3H3,(H,20,21)/t15-/m1/s1. The minimum absolute atomic E-state index is 0.124. The Labute approximate surface area is 141 Å². The summed E-state index contributed by atoms with van der Waals surface area (Å²) in [6, 6.07) is 12.4. The van der Waals surface area contributed by atoms with Crippen molar-refractivity contribution in [3.8, 4) is 11.5 Å². The molecule has 0 heterocycles. The van der Waals surface area contributed by atoms with Crippen molar-refractivity contribution in [2.45, 2.75) is 19.4 Å². The number of carbonyl (C=O) groups is 1. The minimum atomic E-state index is -0.158. The molecule has 0 aliphatic carbocycles. The van der Waals surface area contributed by atoms with Crippen LogP contribution in [0.25, 0.3) is 0 Å². The largest absolute Gasteiger partial charge is 0.493 e. The molecule has 5 heteroatoms. The quantitative estimate of drug-likeness (QED) is 0.860. The molecule has 0 fully saturated rings. The van der Waals surface area contributed by atoms with E-state index < -0.39 is 0 Å². The molecule has 4 nitrogen and oxygen atoms in total. The predicted octanol–water partition coefficient (Wildman–Crippen LogP) is 4.24. The Morgan fingerprint density at radius 2 is 1.87 bits per heavy atom. The number of hydrogen-bond acceptors (Lipinski definition) is 3. The fourth-order valence-corrected chi connectivity index (χ4v) is 2.55. The van der Waals surface area contributed by atoms with E-state index in [1.54, 1.807) is 38.5 Å². The molecule has 2 aromatic rings. The zero-order chi connectivity index (χ0) is 16.8. The fourth-order valence-electron chi connectivity index (χ4n) is 2.36. The Hall–Kier alpha value is -2.20. The number of hydrogen-bond donors (Lipinski definition) is 1. The number of benzene rings is 2. The highest BCUT2D eigenvalue weighted by Crippen LogP contribution is 2.31. The summed E-state index contributed by atoms with van der Waals surface area (Å²) in [6.45, 7) is 2.01. The normalized spacial score (nSPS) is 11.7. The molecule has 0 aromatic heterocycles. The second kappa shape index (κ2) is 7.88. The summed E-state index contributed by atoms with van der Waals surface area (Å²) in [5.74, 6) is 1.14. The summed E-state index contributed by atoms with van der Waals surface area (Å²) in [5.41, 5.74) is 1.50. The summed E-state index contributed by atoms with van der Waals surface area (Å²) in [7, 11) is 3.18. The maximum absolute atomic E-state index is 12.4. The van der Waals surface area contributed by atoms with Gasteiger partial charge in [-0.15, -0.1) is 0 Å². The predicted molar refractivity (Wildman–Crippen MR) is 91.5 cm³/mol. The summed E-state index contributed by atoms with van der Waals surface area (Å²) >= 11 is 5.94. The van der Waals surface area contributed by atoms with Crippen molar-refractivity contribution in [2.75, 3.05) is 14.2 Å². The molecule has 1 N–H and O–H groups in total. The van der Waals surface area contributed by atoms with Crippen molar-refractivity contribution in [2.24, 2.45) is 0 Å². The van der Waals surface area contributed by atoms with Crippen LogP contribution in [0.15, 0.2) is 42.5 Å². The number of nitrogens with one attached hydrogen (secondary N) is 1. The number of amides is 1. The van der Waals surface area contributed by atoms with E-state index in [2.05, 4.69) is 5.32 Å². The third-order valence-corrected chi connectivity index (χ3v) is 3.85. The molecule has 0 aliphatic rings. The maximum Gasteiger partial charge on any atom is 0.251 e. The molecule has 0 spiro atoms. The summed E-state index contributed by atoms with van der Waals surface area (Å²) < 4.78 is 10.6. The number of ether oxygens (including phenoxy) is 2. The Balaban J connectivity index is 2.21. The molecule has 0 bridgehead atoms. The summed E-state index contributed by atoms with van der Waals surface area (Å²) in [4.78, 5) is 12.4. The number of halogens is 1. The van der Waals surface area contributed by atoms with Gasteiger partial charge in [0.15, 0.2) is 11.5 Å². The van der Waals surface area contributed by atoms with Gasteiger partial charge >= 0.3 is 0 Å². The first-order valence-electron chi connectivity index (χ1n) is 7.37. The van der Waals surface area contributed by atoms with Crippen molar-refractivity contribution in [1.82, 2.24) is 5.32 Å². The third-order valence-electron chi connectivity index (χ3n) is 3.61. The van der Waals surface area contributed by atoms with Gasteiger partial charge in [-0.25, -0.2) is 0 Å². The van der Waals surface area contributed by atoms with Gasteiger partial charge in [0.05, 0.1) is 20.3 Å². The number of carbonyl (C=O) groups excluding carboxylic acids is 1. The van der Waals surface area contributed by atoms with Gasteiger partial charge in [-0.05, 0) is 42.3 Å². The molecule has 1 atom stereocenters. The first kappa shape index (κ1) is 17.2. The van der Waals surface area contributed by atoms with E-state index in [0.29, 0.717) is 22.1 Å². The van der Waals surface area contributed by atoms with Gasteiger partial charge in [-0.1, -0.05) is 30.7 Å². The highest BCUT2D eigenvalue weighted by atomic mass is 35.5. The van der Waals surface area contributed by atoms with E-state index in [9.17, 15) is 4.79 Å². The molecule has 0 unspecified atom stereocenters. The lowest BCUT2D eigenvalue weighted by Gasteiger charge is -2.19. The van der Waals surface area contributed by atoms with Gasteiger partial charge in [0.2, 0.25) is 0 Å². The van der Waals surface area contributed by atoms with E-state index in [1.807, 2.05) is 25.1 Å². The highest BCUT2D eigenvalue weighted by molar-refractivity contribution is 6.30. The lowest BCUT2D eigenvalue weighted by Crippen LogP contribution is -2.28. The zero-order valence-corrected chi connectivity index (χ0v) is 14.2. The van der Waals surface area contributed by atoms with E-state index in [0.717, 1.165) is 12.0 Å². The van der Waals surface area contributed by atoms with Crippen LogP contribution in [0.5, 0.6) is 11.5 Å². The van der Waals surface area contributed by atoms with Crippen molar-refractivity contribution in [1.29, 1.82) is 0 Å². The third kappa shape index (κ3) is 4.17. The molecular weight excluding hydrogens is 314 g/mol. The summed E-state index contributed by atoms with van der Waals surface area (Å²) in [5, 5.41) is 3.56. The highest BCUT2D eigenvalue weighted by Gasteiger charge is 2.16. The van der Waals surface area contributed by atoms with E-state index >= 15 is 0 Å². The molecule has 0 saturated heterocycles. The number of methoxy groups -OCH3 is 2. The Bertz CT molecular complexity index is 688. The Kier molecular flexibility index (Phi) is 5.88. The Morgan fingerprint density at radius 3 is 2.48 bits per heavy atom. The van der Waals surface area contributed by atoms with Crippen LogP contribution < -0.4 is 14.8 Å². The Morgan fingerprint density at radius 1 is 1.13 bits per heavy atom. The maximum atomic E-state index is 12.4. The zero-order valence-electron chi connectivity index (χ0n) is 13.4. The molecule has 122 valence electrons. The van der Waals surface area contributed by atoms with E-state index in [4.69, 9.17) is 21.1 Å². The van der Waals surface area contributed by atoms with Crippen LogP contribution in [0.1, 0.15) is 35.3 Å². The molecule has 1 amide bonds. The van der Waals surface area contributed by atoms with Crippen LogP contribution in [0.2, 0.25) is 5.02 Å². The minimum Gasteiger partial charge on any atom is -0.493 e. The number of rotatable bonds is 6. The van der Waals surface area contributed by atoms with Crippen LogP contribution in [-0.4, -0.2) is 20.1 Å². The summed E-state index contributed by atoms with van der Waals surface area (Å²) in [6.07, 6.45) is 0.752. The fraction of sp³-hybridized carbons (Fsp3) is 0.278. The van der Waals surface area contributed by atoms with Gasteiger partial charge in [0.1, 0.15) is 0 Å². The average Bonchev–Trinajstić information content (AvgIpc) is 2.58. The monoisotopic (exact) mass is 333 g/mol. The lowest BCUT2D eigenvalue weighted by molar-refractivity contribution is 0.0935. The van der Waals surface area contributed by atoms with Crippen molar-refractivity contribution in [3.05, 3.63) is 58.6 Å². The molecule has 0 radical (unpaired) electrons. The molecule has 0 saturated carbocycles. The van der Waals surface area contributed by atoms with Crippen LogP contribution in [0, 0.1) is 0 Å². The van der Waals surface area contributed by atoms with Crippen molar-refractivity contribution in [3.63, 3.8) is 0 Å². The van der Waals surface area contributed by atoms with Gasteiger partial charge in [0.25, 0.3) is 5.91 Å². The second-order valence-corrected chi connectivity index (χ2v) is 5.50. The molecule has 23 heavy (non-hydrogen) atoms. The van der Waals surface area contributed by atoms with Crippen LogP contribution in [0.3, 0.4) is 0 Å². The average molecular weight is 334 g/mol. The van der Waals surface area contributed by atoms with Gasteiger partial charge in [-0.2, -0.15) is 0 Å². The van der Waals surface area contributed by atoms with Gasteiger partial charge < -0.3 is 14.8 Å². The van der Waals surface area contributed by atoms with Crippen molar-refractivity contribution < 1.29 is 14.3 Å². The van der Waals surface area contributed by atoms with Crippen molar-refractivity contribution >= 4 is 17.5 Å². The van der Waals surface area contributed by atoms with Gasteiger partial charge in [0, 0.05) is 10.6 Å². The van der Waals surface area contributed by atoms with Gasteiger partial charge in [-0.3, -0.25) is 4.79 Å². The van der Waals surface area contributed by atoms with Crippen LogP contribution in [-0.2, 0) is 0 Å². The van der Waals surface area contributed by atoms with E-state index in [-0.39, 0.29) is 11.9 Å². The second-order valence-electron chi connectivity index (χ2n) is 5.06. The molecule has 2 aromatic carbocycles. The topological polar surface area (TPSA) is 47.6 Å². The lowest BCUT2D eigenvalue weighted by atomic mass is 10.0. The van der Waals surface area contributed by atoms with Crippen LogP contribution >= 0.6 is 11.6 Å². The van der Waals surface area contributed by atoms with E-state index in [1.165, 1.54) is 0 Å². The first-order valence-corrected chi connectivity index (χ1v) is 7.75. The smallest absolute Gasteiger partial charge is 0.251 e. The molecule has 0 aliphatic heterocycles. The van der Waals surface area contributed by atoms with Crippen LogP contribution in [0.4, 0.5) is 0 Å². The molecular formula is C18H20ClNO3. The first-order chi connectivity index (χ1) is 11.1. The molecule has 2 rings (SSSR count).